The van der Waals surface area contributed by atoms with Gasteiger partial charge in [-0.3, -0.25) is 4.79 Å². The number of ether oxygens (including phenoxy) is 2. The van der Waals surface area contributed by atoms with E-state index in [0.717, 1.165) is 0 Å². The molecule has 0 amide bonds. The zero-order chi connectivity index (χ0) is 14.3. The molecule has 0 aromatic heterocycles. The second-order valence-corrected chi connectivity index (χ2v) is 4.65. The van der Waals surface area contributed by atoms with Crippen molar-refractivity contribution in [1.29, 1.82) is 0 Å². The fourth-order valence-electron chi connectivity index (χ4n) is 1.67. The maximum absolute atomic E-state index is 13.2. The quantitative estimate of drug-likeness (QED) is 0.609. The monoisotopic (exact) mass is 269 g/mol. The number of hydrogen-bond acceptors (Lipinski definition) is 4. The van der Waals surface area contributed by atoms with Crippen molar-refractivity contribution in [2.24, 2.45) is 5.73 Å². The van der Waals surface area contributed by atoms with Gasteiger partial charge in [-0.25, -0.2) is 4.39 Å². The first-order chi connectivity index (χ1) is 8.97. The molecule has 0 fully saturated rings. The summed E-state index contributed by atoms with van der Waals surface area (Å²) < 4.78 is 23.2. The summed E-state index contributed by atoms with van der Waals surface area (Å²) in [5.41, 5.74) is 4.83. The molecule has 106 valence electrons. The summed E-state index contributed by atoms with van der Waals surface area (Å²) in [6.45, 7) is 2.02. The summed E-state index contributed by atoms with van der Waals surface area (Å²) >= 11 is 0. The van der Waals surface area contributed by atoms with E-state index in [1.165, 1.54) is 13.2 Å². The molecule has 19 heavy (non-hydrogen) atoms. The molecule has 1 atom stereocenters. The van der Waals surface area contributed by atoms with Crippen molar-refractivity contribution < 1.29 is 18.7 Å². The van der Waals surface area contributed by atoms with E-state index < -0.39 is 11.5 Å². The van der Waals surface area contributed by atoms with Gasteiger partial charge in [0.25, 0.3) is 0 Å². The molecular weight excluding hydrogens is 249 g/mol. The number of carbonyl (C=O) groups is 1. The summed E-state index contributed by atoms with van der Waals surface area (Å²) in [4.78, 5) is 11.3. The fraction of sp³-hybridized carbons (Fsp3) is 0.500. The smallest absolute Gasteiger partial charge is 0.325 e. The third-order valence-electron chi connectivity index (χ3n) is 2.84. The number of para-hydroxylation sites is 1. The van der Waals surface area contributed by atoms with Crippen LogP contribution in [0.5, 0.6) is 5.75 Å². The fourth-order valence-corrected chi connectivity index (χ4v) is 1.67. The summed E-state index contributed by atoms with van der Waals surface area (Å²) in [6.07, 6.45) is 1.90. The number of methoxy groups -OCH3 is 1. The molecule has 1 unspecified atom stereocenters. The lowest BCUT2D eigenvalue weighted by atomic mass is 9.96. The van der Waals surface area contributed by atoms with Gasteiger partial charge in [-0.2, -0.15) is 0 Å². The first-order valence-corrected chi connectivity index (χ1v) is 6.22. The molecule has 2 N–H and O–H groups in total. The van der Waals surface area contributed by atoms with Crippen LogP contribution in [0.2, 0.25) is 0 Å². The van der Waals surface area contributed by atoms with Gasteiger partial charge in [0.2, 0.25) is 0 Å². The maximum atomic E-state index is 13.2. The minimum Gasteiger partial charge on any atom is -0.491 e. The lowest BCUT2D eigenvalue weighted by Crippen LogP contribution is -2.45. The van der Waals surface area contributed by atoms with Gasteiger partial charge in [0, 0.05) is 0 Å². The second-order valence-electron chi connectivity index (χ2n) is 4.65. The van der Waals surface area contributed by atoms with Crippen LogP contribution in [-0.4, -0.2) is 25.2 Å². The van der Waals surface area contributed by atoms with E-state index in [1.54, 1.807) is 25.1 Å². The van der Waals surface area contributed by atoms with Crippen LogP contribution in [-0.2, 0) is 9.53 Å². The Morgan fingerprint density at radius 3 is 2.68 bits per heavy atom. The van der Waals surface area contributed by atoms with Gasteiger partial charge in [0.1, 0.15) is 5.54 Å². The first kappa shape index (κ1) is 15.4. The number of esters is 1. The van der Waals surface area contributed by atoms with Crippen LogP contribution in [0.25, 0.3) is 0 Å². The van der Waals surface area contributed by atoms with Crippen LogP contribution in [0.15, 0.2) is 24.3 Å². The Balaban J connectivity index is 2.25. The van der Waals surface area contributed by atoms with Gasteiger partial charge in [-0.1, -0.05) is 12.1 Å². The molecule has 4 nitrogen and oxygen atoms in total. The van der Waals surface area contributed by atoms with Crippen molar-refractivity contribution in [3.05, 3.63) is 30.1 Å². The van der Waals surface area contributed by atoms with Gasteiger partial charge in [0.15, 0.2) is 11.6 Å². The average molecular weight is 269 g/mol. The molecule has 1 aromatic carbocycles. The third kappa shape index (κ3) is 4.87. The molecule has 0 saturated carbocycles. The highest BCUT2D eigenvalue weighted by Crippen LogP contribution is 2.17. The van der Waals surface area contributed by atoms with Crippen molar-refractivity contribution in [3.63, 3.8) is 0 Å². The van der Waals surface area contributed by atoms with Crippen LogP contribution >= 0.6 is 0 Å². The topological polar surface area (TPSA) is 61.5 Å². The van der Waals surface area contributed by atoms with Gasteiger partial charge >= 0.3 is 5.97 Å². The van der Waals surface area contributed by atoms with E-state index in [0.29, 0.717) is 25.9 Å². The minimum atomic E-state index is -0.979. The van der Waals surface area contributed by atoms with Crippen molar-refractivity contribution in [3.8, 4) is 5.75 Å². The number of nitrogens with two attached hydrogens (primary N) is 1. The number of halogens is 1. The summed E-state index contributed by atoms with van der Waals surface area (Å²) in [7, 11) is 1.31. The largest absolute Gasteiger partial charge is 0.491 e. The van der Waals surface area contributed by atoms with Crippen molar-refractivity contribution in [2.45, 2.75) is 31.7 Å². The molecule has 0 saturated heterocycles. The molecule has 0 spiro atoms. The van der Waals surface area contributed by atoms with E-state index in [2.05, 4.69) is 4.74 Å². The molecule has 1 aromatic rings. The van der Waals surface area contributed by atoms with E-state index in [4.69, 9.17) is 10.5 Å². The molecule has 5 heteroatoms. The average Bonchev–Trinajstić information content (AvgIpc) is 2.39. The Hall–Kier alpha value is -1.62. The molecular formula is C14H20FNO3. The predicted octanol–water partition coefficient (Wildman–Crippen LogP) is 2.27. The second kappa shape index (κ2) is 7.09. The summed E-state index contributed by atoms with van der Waals surface area (Å²) in [5, 5.41) is 0. The van der Waals surface area contributed by atoms with Crippen LogP contribution < -0.4 is 10.5 Å². The standard InChI is InChI=1S/C14H20FNO3/c1-14(16,13(17)18-2)9-5-6-10-19-12-8-4-3-7-11(12)15/h3-4,7-8H,5-6,9-10,16H2,1-2H3. The number of benzene rings is 1. The molecule has 0 bridgehead atoms. The number of rotatable bonds is 7. The van der Waals surface area contributed by atoms with Gasteiger partial charge in [0.05, 0.1) is 13.7 Å². The van der Waals surface area contributed by atoms with E-state index in [9.17, 15) is 9.18 Å². The Labute approximate surface area is 112 Å². The van der Waals surface area contributed by atoms with Crippen molar-refractivity contribution in [2.75, 3.05) is 13.7 Å². The molecule has 0 aliphatic rings. The zero-order valence-electron chi connectivity index (χ0n) is 11.3. The summed E-state index contributed by atoms with van der Waals surface area (Å²) in [5.74, 6) is -0.561. The highest BCUT2D eigenvalue weighted by atomic mass is 19.1. The minimum absolute atomic E-state index is 0.242. The lowest BCUT2D eigenvalue weighted by Gasteiger charge is -2.21. The first-order valence-electron chi connectivity index (χ1n) is 6.22. The Morgan fingerprint density at radius 1 is 1.37 bits per heavy atom. The third-order valence-corrected chi connectivity index (χ3v) is 2.84. The van der Waals surface area contributed by atoms with Crippen LogP contribution in [0.4, 0.5) is 4.39 Å². The number of carbonyl (C=O) groups excluding carboxylic acids is 1. The van der Waals surface area contributed by atoms with Crippen molar-refractivity contribution >= 4 is 5.97 Å². The normalized spacial score (nSPS) is 13.7. The molecule has 1 rings (SSSR count). The molecule has 0 heterocycles. The van der Waals surface area contributed by atoms with Gasteiger partial charge in [-0.05, 0) is 38.3 Å². The van der Waals surface area contributed by atoms with Gasteiger partial charge in [-0.15, -0.1) is 0 Å². The Kier molecular flexibility index (Phi) is 5.76. The lowest BCUT2D eigenvalue weighted by molar-refractivity contribution is -0.146. The Morgan fingerprint density at radius 2 is 2.05 bits per heavy atom. The number of unbranched alkanes of at least 4 members (excludes halogenated alkanes) is 1. The Bertz CT molecular complexity index is 421. The van der Waals surface area contributed by atoms with E-state index >= 15 is 0 Å². The van der Waals surface area contributed by atoms with Gasteiger partial charge < -0.3 is 15.2 Å². The molecule has 0 aliphatic carbocycles. The highest BCUT2D eigenvalue weighted by Gasteiger charge is 2.28. The zero-order valence-corrected chi connectivity index (χ0v) is 11.3. The van der Waals surface area contributed by atoms with Crippen LogP contribution in [0.3, 0.4) is 0 Å². The molecule has 0 aliphatic heterocycles. The van der Waals surface area contributed by atoms with E-state index in [-0.39, 0.29) is 11.6 Å². The van der Waals surface area contributed by atoms with E-state index in [1.807, 2.05) is 0 Å². The van der Waals surface area contributed by atoms with Crippen LogP contribution in [0.1, 0.15) is 26.2 Å². The number of hydrogen-bond donors (Lipinski definition) is 1. The predicted molar refractivity (Wildman–Crippen MR) is 70.4 cm³/mol. The maximum Gasteiger partial charge on any atom is 0.325 e. The van der Waals surface area contributed by atoms with Crippen LogP contribution in [0, 0.1) is 5.82 Å². The highest BCUT2D eigenvalue weighted by molar-refractivity contribution is 5.79. The summed E-state index contributed by atoms with van der Waals surface area (Å²) in [6, 6.07) is 6.26. The van der Waals surface area contributed by atoms with Crippen molar-refractivity contribution in [1.82, 2.24) is 0 Å². The SMILES string of the molecule is COC(=O)C(C)(N)CCCCOc1ccccc1F. The molecule has 0 radical (unpaired) electrons.